The highest BCUT2D eigenvalue weighted by molar-refractivity contribution is 6.30. The van der Waals surface area contributed by atoms with Gasteiger partial charge in [-0.2, -0.15) is 0 Å². The van der Waals surface area contributed by atoms with E-state index in [9.17, 15) is 19.2 Å². The minimum atomic E-state index is -1.09. The molecule has 2 saturated heterocycles. The van der Waals surface area contributed by atoms with Crippen molar-refractivity contribution in [1.82, 2.24) is 14.8 Å². The number of morpholine rings is 2. The van der Waals surface area contributed by atoms with Gasteiger partial charge in [-0.25, -0.2) is 19.4 Å². The van der Waals surface area contributed by atoms with Gasteiger partial charge in [0.1, 0.15) is 23.1 Å². The van der Waals surface area contributed by atoms with Crippen molar-refractivity contribution in [3.05, 3.63) is 87.0 Å². The van der Waals surface area contributed by atoms with E-state index < -0.39 is 41.6 Å². The predicted octanol–water partition coefficient (Wildman–Crippen LogP) is 7.79. The van der Waals surface area contributed by atoms with Crippen LogP contribution in [-0.4, -0.2) is 111 Å². The number of aliphatic hydroxyl groups excluding tert-OH is 1. The van der Waals surface area contributed by atoms with Gasteiger partial charge in [0.2, 0.25) is 5.89 Å². The number of hydrogen-bond acceptors (Lipinski definition) is 11. The Kier molecular flexibility index (Phi) is 17.6. The van der Waals surface area contributed by atoms with Crippen molar-refractivity contribution in [3.63, 3.8) is 0 Å². The number of Topliss-reactive ketones (excluding diaryl/α,β-unsaturated/α-hetero) is 1. The second kappa shape index (κ2) is 21.2. The first kappa shape index (κ1) is 48.2. The number of ether oxygens (including phenoxy) is 4. The van der Waals surface area contributed by atoms with Crippen LogP contribution < -0.4 is 0 Å². The standard InChI is InChI=1S/C21H27ClN2O4.C17H22ClNO5.C4H8O2/c1-13-14(2)27-19(23-13)18-11-24(20(25)28-21(3,4)5)17(12-26-18)10-15-6-8-16(22)9-7-15;1-17(2,3)24-16(22)19-9-14(15(20)21)23-10-13(19)8-11-4-6-12(18)7-5-11;1-3(5)4(2)6/h6-9,17-18H,10-12H2,1-5H3;4-7,13-14H,8-10H2,1-3H3,(H,20,21);3,5H,1-2H3/t17-,18+;13-,14+;/m00./s1. The quantitative estimate of drug-likeness (QED) is 0.236. The zero-order chi connectivity index (χ0) is 43.5. The minimum absolute atomic E-state index is 0.0392. The normalized spacial score (nSPS) is 20.1. The summed E-state index contributed by atoms with van der Waals surface area (Å²) in [6.07, 6.45) is -1.96. The molecule has 2 amide bonds. The number of halogens is 2. The summed E-state index contributed by atoms with van der Waals surface area (Å²) in [7, 11) is 0. The number of rotatable bonds is 7. The number of ketones is 1. The van der Waals surface area contributed by atoms with Gasteiger partial charge in [-0.15, -0.1) is 0 Å². The minimum Gasteiger partial charge on any atom is -0.479 e. The molecular formula is C42H57Cl2N3O11. The fourth-order valence-electron chi connectivity index (χ4n) is 5.54. The molecule has 0 bridgehead atoms. The Hall–Kier alpha value is -4.21. The van der Waals surface area contributed by atoms with E-state index in [1.165, 1.54) is 18.7 Å². The summed E-state index contributed by atoms with van der Waals surface area (Å²) in [4.78, 5) is 54.1. The number of oxazole rings is 1. The number of nitrogens with zero attached hydrogens (tertiary/aromatic N) is 3. The number of carbonyl (C=O) groups is 4. The number of aliphatic carboxylic acids is 1. The molecule has 5 atom stereocenters. The topological polar surface area (TPSA) is 178 Å². The highest BCUT2D eigenvalue weighted by atomic mass is 35.5. The van der Waals surface area contributed by atoms with Crippen LogP contribution >= 0.6 is 23.2 Å². The number of aliphatic hydroxyl groups is 1. The molecule has 0 aliphatic carbocycles. The van der Waals surface area contributed by atoms with E-state index in [2.05, 4.69) is 4.98 Å². The van der Waals surface area contributed by atoms with Crippen molar-refractivity contribution in [2.45, 2.75) is 124 Å². The average Bonchev–Trinajstić information content (AvgIpc) is 3.46. The molecule has 3 heterocycles. The number of amides is 2. The number of carbonyl (C=O) groups excluding carboxylic acids is 3. The summed E-state index contributed by atoms with van der Waals surface area (Å²) in [6, 6.07) is 14.5. The number of aromatic nitrogens is 1. The van der Waals surface area contributed by atoms with E-state index in [1.807, 2.05) is 71.0 Å². The number of aryl methyl sites for hydroxylation is 2. The molecule has 0 spiro atoms. The zero-order valence-corrected chi connectivity index (χ0v) is 36.4. The van der Waals surface area contributed by atoms with Gasteiger partial charge >= 0.3 is 18.2 Å². The van der Waals surface area contributed by atoms with E-state index in [0.717, 1.165) is 22.6 Å². The van der Waals surface area contributed by atoms with Crippen molar-refractivity contribution < 1.29 is 52.8 Å². The first-order valence-corrected chi connectivity index (χ1v) is 19.7. The predicted molar refractivity (Wildman–Crippen MR) is 218 cm³/mol. The van der Waals surface area contributed by atoms with Crippen LogP contribution in [0.15, 0.2) is 52.9 Å². The third-order valence-electron chi connectivity index (χ3n) is 8.80. The van der Waals surface area contributed by atoms with Crippen LogP contribution in [0.1, 0.15) is 90.0 Å². The SMILES string of the molecule is CC(=O)C(C)O.CC(C)(C)OC(=O)N1C[C@H](C(=O)O)OC[C@@H]1Cc1ccc(Cl)cc1.Cc1nc([C@H]2CN(C(=O)OC(C)(C)C)[C@@H](Cc3ccc(Cl)cc3)CO2)oc1C. The van der Waals surface area contributed by atoms with Crippen LogP contribution in [0.25, 0.3) is 0 Å². The lowest BCUT2D eigenvalue weighted by Gasteiger charge is -2.39. The Balaban J connectivity index is 0.000000275. The first-order valence-electron chi connectivity index (χ1n) is 19.0. The van der Waals surface area contributed by atoms with Crippen LogP contribution in [0.4, 0.5) is 9.59 Å². The van der Waals surface area contributed by atoms with Gasteiger partial charge in [-0.3, -0.25) is 14.6 Å². The fourth-order valence-corrected chi connectivity index (χ4v) is 5.79. The fraction of sp³-hybridized carbons (Fsp3) is 0.548. The van der Waals surface area contributed by atoms with Crippen molar-refractivity contribution in [1.29, 1.82) is 0 Å². The number of carboxylic acid groups (broad SMARTS) is 1. The van der Waals surface area contributed by atoms with Crippen LogP contribution in [-0.2, 0) is 41.4 Å². The maximum absolute atomic E-state index is 12.9. The van der Waals surface area contributed by atoms with Gasteiger partial charge in [-0.1, -0.05) is 47.5 Å². The van der Waals surface area contributed by atoms with Gasteiger partial charge < -0.3 is 33.6 Å². The lowest BCUT2D eigenvalue weighted by Crippen LogP contribution is -2.56. The van der Waals surface area contributed by atoms with Crippen LogP contribution in [0.3, 0.4) is 0 Å². The Morgan fingerprint density at radius 2 is 1.21 bits per heavy atom. The number of benzene rings is 2. The Morgan fingerprint density at radius 3 is 1.57 bits per heavy atom. The Bertz CT molecular complexity index is 1800. The van der Waals surface area contributed by atoms with E-state index in [-0.39, 0.29) is 37.1 Å². The van der Waals surface area contributed by atoms with Gasteiger partial charge in [0.15, 0.2) is 18.0 Å². The van der Waals surface area contributed by atoms with Gasteiger partial charge in [0.25, 0.3) is 0 Å². The first-order chi connectivity index (χ1) is 26.9. The van der Waals surface area contributed by atoms with E-state index in [0.29, 0.717) is 41.9 Å². The maximum Gasteiger partial charge on any atom is 0.410 e. The highest BCUT2D eigenvalue weighted by Gasteiger charge is 2.39. The van der Waals surface area contributed by atoms with E-state index in [1.54, 1.807) is 37.8 Å². The molecule has 14 nitrogen and oxygen atoms in total. The monoisotopic (exact) mass is 849 g/mol. The lowest BCUT2D eigenvalue weighted by atomic mass is 10.0. The second-order valence-corrected chi connectivity index (χ2v) is 17.1. The van der Waals surface area contributed by atoms with Crippen molar-refractivity contribution in [2.75, 3.05) is 26.3 Å². The maximum atomic E-state index is 12.9. The molecule has 0 saturated carbocycles. The summed E-state index contributed by atoms with van der Waals surface area (Å²) < 4.78 is 28.2. The van der Waals surface area contributed by atoms with Gasteiger partial charge in [-0.05, 0) is 117 Å². The summed E-state index contributed by atoms with van der Waals surface area (Å²) >= 11 is 11.9. The molecule has 2 N–H and O–H groups in total. The molecular weight excluding hydrogens is 793 g/mol. The highest BCUT2D eigenvalue weighted by Crippen LogP contribution is 2.29. The van der Waals surface area contributed by atoms with Crippen molar-refractivity contribution in [2.24, 2.45) is 0 Å². The molecule has 2 fully saturated rings. The lowest BCUT2D eigenvalue weighted by molar-refractivity contribution is -0.158. The molecule has 1 aromatic heterocycles. The van der Waals surface area contributed by atoms with Crippen LogP contribution in [0.2, 0.25) is 10.0 Å². The molecule has 58 heavy (non-hydrogen) atoms. The summed E-state index contributed by atoms with van der Waals surface area (Å²) in [5.41, 5.74) is 1.65. The Labute approximate surface area is 350 Å². The molecule has 2 aliphatic rings. The summed E-state index contributed by atoms with van der Waals surface area (Å²) in [6.45, 7) is 18.2. The average molecular weight is 851 g/mol. The zero-order valence-electron chi connectivity index (χ0n) is 34.9. The largest absolute Gasteiger partial charge is 0.479 e. The molecule has 320 valence electrons. The second-order valence-electron chi connectivity index (χ2n) is 16.2. The van der Waals surface area contributed by atoms with E-state index >= 15 is 0 Å². The third-order valence-corrected chi connectivity index (χ3v) is 9.30. The number of carboxylic acids is 1. The van der Waals surface area contributed by atoms with E-state index in [4.69, 9.17) is 56.8 Å². The molecule has 2 aromatic carbocycles. The van der Waals surface area contributed by atoms with Gasteiger partial charge in [0.05, 0.1) is 44.1 Å². The molecule has 1 unspecified atom stereocenters. The smallest absolute Gasteiger partial charge is 0.410 e. The van der Waals surface area contributed by atoms with Gasteiger partial charge in [0, 0.05) is 10.0 Å². The van der Waals surface area contributed by atoms with Crippen LogP contribution in [0.5, 0.6) is 0 Å². The number of hydrogen-bond donors (Lipinski definition) is 2. The molecule has 0 radical (unpaired) electrons. The molecule has 2 aliphatic heterocycles. The summed E-state index contributed by atoms with van der Waals surface area (Å²) in [5.74, 6) is -0.0253. The molecule has 5 rings (SSSR count). The molecule has 16 heteroatoms. The third kappa shape index (κ3) is 15.9. The van der Waals surface area contributed by atoms with Crippen LogP contribution in [0, 0.1) is 13.8 Å². The molecule has 3 aromatic rings. The Morgan fingerprint density at radius 1 is 0.793 bits per heavy atom. The van der Waals surface area contributed by atoms with Crippen molar-refractivity contribution in [3.8, 4) is 0 Å². The van der Waals surface area contributed by atoms with Crippen molar-refractivity contribution >= 4 is 47.1 Å². The summed E-state index contributed by atoms with van der Waals surface area (Å²) in [5, 5.41) is 18.8.